The molecule has 1 fully saturated rings. The standard InChI is InChI=1S/C13H24N4O/c1-13(2,17-10-8-15-9-11-17)12(18)16-7-5-3-4-6-14/h15H,3-5,7-11H2,1-2H3,(H,16,18). The van der Waals surface area contributed by atoms with Crippen molar-refractivity contribution in [3.8, 4) is 6.07 Å². The van der Waals surface area contributed by atoms with Crippen LogP contribution in [0.25, 0.3) is 0 Å². The van der Waals surface area contributed by atoms with Gasteiger partial charge < -0.3 is 10.6 Å². The Kier molecular flexibility index (Phi) is 6.10. The minimum Gasteiger partial charge on any atom is -0.355 e. The molecule has 2 N–H and O–H groups in total. The Morgan fingerprint density at radius 3 is 2.67 bits per heavy atom. The fraction of sp³-hybridized carbons (Fsp3) is 0.846. The van der Waals surface area contributed by atoms with Crippen molar-refractivity contribution in [3.63, 3.8) is 0 Å². The molecule has 0 saturated carbocycles. The molecule has 1 aliphatic rings. The first-order valence-corrected chi connectivity index (χ1v) is 6.70. The number of carbonyl (C=O) groups is 1. The summed E-state index contributed by atoms with van der Waals surface area (Å²) in [5.74, 6) is 0.0846. The Hall–Kier alpha value is -1.12. The van der Waals surface area contributed by atoms with Gasteiger partial charge in [0, 0.05) is 39.1 Å². The molecule has 1 amide bonds. The molecule has 1 aliphatic heterocycles. The summed E-state index contributed by atoms with van der Waals surface area (Å²) in [6, 6.07) is 2.11. The van der Waals surface area contributed by atoms with Gasteiger partial charge in [-0.3, -0.25) is 9.69 Å². The molecule has 0 aromatic carbocycles. The van der Waals surface area contributed by atoms with Crippen LogP contribution in [0, 0.1) is 11.3 Å². The molecular weight excluding hydrogens is 228 g/mol. The molecule has 0 unspecified atom stereocenters. The second-order valence-electron chi connectivity index (χ2n) is 5.17. The lowest BCUT2D eigenvalue weighted by Crippen LogP contribution is -2.60. The fourth-order valence-corrected chi connectivity index (χ4v) is 2.11. The maximum atomic E-state index is 12.2. The number of unbranched alkanes of at least 4 members (excludes halogenated alkanes) is 2. The van der Waals surface area contributed by atoms with Gasteiger partial charge in [-0.2, -0.15) is 5.26 Å². The Balaban J connectivity index is 2.32. The maximum Gasteiger partial charge on any atom is 0.239 e. The monoisotopic (exact) mass is 252 g/mol. The average molecular weight is 252 g/mol. The average Bonchev–Trinajstić information content (AvgIpc) is 2.39. The van der Waals surface area contributed by atoms with E-state index >= 15 is 0 Å². The Morgan fingerprint density at radius 2 is 2.06 bits per heavy atom. The predicted molar refractivity (Wildman–Crippen MR) is 71.0 cm³/mol. The number of amides is 1. The van der Waals surface area contributed by atoms with E-state index in [2.05, 4.69) is 21.6 Å². The first-order chi connectivity index (χ1) is 8.59. The third-order valence-electron chi connectivity index (χ3n) is 3.46. The lowest BCUT2D eigenvalue weighted by molar-refractivity contribution is -0.132. The number of piperazine rings is 1. The van der Waals surface area contributed by atoms with E-state index in [1.807, 2.05) is 13.8 Å². The van der Waals surface area contributed by atoms with Gasteiger partial charge in [0.15, 0.2) is 0 Å². The van der Waals surface area contributed by atoms with Gasteiger partial charge in [0.25, 0.3) is 0 Å². The fourth-order valence-electron chi connectivity index (χ4n) is 2.11. The van der Waals surface area contributed by atoms with Gasteiger partial charge in [0.05, 0.1) is 11.6 Å². The molecule has 102 valence electrons. The van der Waals surface area contributed by atoms with Gasteiger partial charge in [-0.1, -0.05) is 0 Å². The number of nitrogens with zero attached hydrogens (tertiary/aromatic N) is 2. The molecule has 0 aromatic heterocycles. The van der Waals surface area contributed by atoms with E-state index < -0.39 is 5.54 Å². The van der Waals surface area contributed by atoms with Gasteiger partial charge in [-0.15, -0.1) is 0 Å². The van der Waals surface area contributed by atoms with Crippen molar-refractivity contribution >= 4 is 5.91 Å². The zero-order valence-electron chi connectivity index (χ0n) is 11.5. The molecule has 1 rings (SSSR count). The van der Waals surface area contributed by atoms with Crippen molar-refractivity contribution in [1.82, 2.24) is 15.5 Å². The topological polar surface area (TPSA) is 68.2 Å². The predicted octanol–water partition coefficient (Wildman–Crippen LogP) is 0.480. The smallest absolute Gasteiger partial charge is 0.239 e. The number of nitrogens with one attached hydrogen (secondary N) is 2. The molecule has 0 radical (unpaired) electrons. The molecule has 5 nitrogen and oxygen atoms in total. The zero-order chi connectivity index (χ0) is 13.4. The van der Waals surface area contributed by atoms with Crippen molar-refractivity contribution in [2.24, 2.45) is 0 Å². The van der Waals surface area contributed by atoms with E-state index in [1.165, 1.54) is 0 Å². The number of rotatable bonds is 6. The van der Waals surface area contributed by atoms with Crippen molar-refractivity contribution in [2.75, 3.05) is 32.7 Å². The SMILES string of the molecule is CC(C)(C(=O)NCCCCC#N)N1CCNCC1. The Bertz CT molecular complexity index is 303. The summed E-state index contributed by atoms with van der Waals surface area (Å²) < 4.78 is 0. The molecule has 1 heterocycles. The summed E-state index contributed by atoms with van der Waals surface area (Å²) >= 11 is 0. The van der Waals surface area contributed by atoms with E-state index in [-0.39, 0.29) is 5.91 Å². The molecule has 0 bridgehead atoms. The van der Waals surface area contributed by atoms with Crippen LogP contribution in [0.15, 0.2) is 0 Å². The number of nitriles is 1. The van der Waals surface area contributed by atoms with Gasteiger partial charge in [-0.05, 0) is 26.7 Å². The van der Waals surface area contributed by atoms with Crippen LogP contribution in [0.1, 0.15) is 33.1 Å². The van der Waals surface area contributed by atoms with Gasteiger partial charge in [-0.25, -0.2) is 0 Å². The lowest BCUT2D eigenvalue weighted by atomic mass is 10.0. The second-order valence-corrected chi connectivity index (χ2v) is 5.17. The quantitative estimate of drug-likeness (QED) is 0.675. The third kappa shape index (κ3) is 4.28. The maximum absolute atomic E-state index is 12.2. The molecule has 0 spiro atoms. The van der Waals surface area contributed by atoms with Crippen LogP contribution in [-0.4, -0.2) is 49.1 Å². The Labute approximate surface area is 110 Å². The molecule has 1 saturated heterocycles. The van der Waals surface area contributed by atoms with E-state index in [0.717, 1.165) is 39.0 Å². The van der Waals surface area contributed by atoms with E-state index in [1.54, 1.807) is 0 Å². The summed E-state index contributed by atoms with van der Waals surface area (Å²) in [6.45, 7) is 8.32. The zero-order valence-corrected chi connectivity index (χ0v) is 11.5. The summed E-state index contributed by atoms with van der Waals surface area (Å²) in [6.07, 6.45) is 2.29. The minimum absolute atomic E-state index is 0.0846. The van der Waals surface area contributed by atoms with Crippen LogP contribution in [0.2, 0.25) is 0 Å². The van der Waals surface area contributed by atoms with Gasteiger partial charge >= 0.3 is 0 Å². The van der Waals surface area contributed by atoms with Crippen LogP contribution in [-0.2, 0) is 4.79 Å². The molecular formula is C13H24N4O. The van der Waals surface area contributed by atoms with Crippen molar-refractivity contribution in [3.05, 3.63) is 0 Å². The van der Waals surface area contributed by atoms with Crippen molar-refractivity contribution in [1.29, 1.82) is 5.26 Å². The van der Waals surface area contributed by atoms with Gasteiger partial charge in [0.2, 0.25) is 5.91 Å². The normalized spacial score (nSPS) is 17.2. The van der Waals surface area contributed by atoms with Crippen molar-refractivity contribution in [2.45, 2.75) is 38.6 Å². The van der Waals surface area contributed by atoms with E-state index in [0.29, 0.717) is 13.0 Å². The highest BCUT2D eigenvalue weighted by atomic mass is 16.2. The first-order valence-electron chi connectivity index (χ1n) is 6.70. The third-order valence-corrected chi connectivity index (χ3v) is 3.46. The summed E-state index contributed by atoms with van der Waals surface area (Å²) in [7, 11) is 0. The molecule has 5 heteroatoms. The highest BCUT2D eigenvalue weighted by Gasteiger charge is 2.34. The molecule has 0 aromatic rings. The van der Waals surface area contributed by atoms with Crippen LogP contribution < -0.4 is 10.6 Å². The Morgan fingerprint density at radius 1 is 1.39 bits per heavy atom. The number of hydrogen-bond acceptors (Lipinski definition) is 4. The van der Waals surface area contributed by atoms with Crippen molar-refractivity contribution < 1.29 is 4.79 Å². The molecule has 0 atom stereocenters. The number of hydrogen-bond donors (Lipinski definition) is 2. The highest BCUT2D eigenvalue weighted by molar-refractivity contribution is 5.85. The number of carbonyl (C=O) groups excluding carboxylic acids is 1. The lowest BCUT2D eigenvalue weighted by Gasteiger charge is -2.39. The largest absolute Gasteiger partial charge is 0.355 e. The summed E-state index contributed by atoms with van der Waals surface area (Å²) in [5, 5.41) is 14.7. The first kappa shape index (κ1) is 14.9. The van der Waals surface area contributed by atoms with Gasteiger partial charge in [0.1, 0.15) is 0 Å². The van der Waals surface area contributed by atoms with Crippen LogP contribution in [0.3, 0.4) is 0 Å². The van der Waals surface area contributed by atoms with Crippen LogP contribution >= 0.6 is 0 Å². The summed E-state index contributed by atoms with van der Waals surface area (Å²) in [4.78, 5) is 14.4. The second kappa shape index (κ2) is 7.34. The molecule has 0 aliphatic carbocycles. The van der Waals surface area contributed by atoms with E-state index in [9.17, 15) is 4.79 Å². The van der Waals surface area contributed by atoms with E-state index in [4.69, 9.17) is 5.26 Å². The minimum atomic E-state index is -0.447. The molecule has 18 heavy (non-hydrogen) atoms. The van der Waals surface area contributed by atoms with Crippen LogP contribution in [0.4, 0.5) is 0 Å². The van der Waals surface area contributed by atoms with Crippen LogP contribution in [0.5, 0.6) is 0 Å². The summed E-state index contributed by atoms with van der Waals surface area (Å²) in [5.41, 5.74) is -0.447. The highest BCUT2D eigenvalue weighted by Crippen LogP contribution is 2.15.